The summed E-state index contributed by atoms with van der Waals surface area (Å²) in [4.78, 5) is 23.4. The van der Waals surface area contributed by atoms with Crippen molar-refractivity contribution < 1.29 is 10.0 Å². The Morgan fingerprint density at radius 2 is 2.00 bits per heavy atom. The predicted octanol–water partition coefficient (Wildman–Crippen LogP) is 0.933. The third-order valence-corrected chi connectivity index (χ3v) is 2.04. The molecule has 2 aromatic rings. The van der Waals surface area contributed by atoms with E-state index in [1.165, 1.54) is 30.9 Å². The minimum Gasteiger partial charge on any atom is -0.410 e. The first-order chi connectivity index (χ1) is 8.33. The van der Waals surface area contributed by atoms with Gasteiger partial charge >= 0.3 is 0 Å². The summed E-state index contributed by atoms with van der Waals surface area (Å²) in [6.07, 6.45) is 4.22. The van der Waals surface area contributed by atoms with Crippen molar-refractivity contribution >= 4 is 11.5 Å². The number of nitrogens with zero attached hydrogens (tertiary/aromatic N) is 4. The van der Waals surface area contributed by atoms with Crippen LogP contribution in [0.4, 0.5) is 0 Å². The smallest absolute Gasteiger partial charge is 0.235 e. The number of rotatable bonds is 3. The number of ketones is 1. The van der Waals surface area contributed by atoms with Crippen molar-refractivity contribution in [3.05, 3.63) is 54.4 Å². The minimum absolute atomic E-state index is 0.161. The molecule has 0 aliphatic carbocycles. The molecule has 0 amide bonds. The number of Topliss-reactive ketones (excluding diaryl/α,β-unsaturated/α-hetero) is 1. The molecule has 0 saturated heterocycles. The summed E-state index contributed by atoms with van der Waals surface area (Å²) >= 11 is 0. The van der Waals surface area contributed by atoms with Gasteiger partial charge in [-0.05, 0) is 18.2 Å². The number of hydrogen-bond acceptors (Lipinski definition) is 6. The summed E-state index contributed by atoms with van der Waals surface area (Å²) in [5, 5.41) is 11.9. The third-order valence-electron chi connectivity index (χ3n) is 2.04. The van der Waals surface area contributed by atoms with Crippen LogP contribution in [0.15, 0.2) is 48.1 Å². The lowest BCUT2D eigenvalue weighted by atomic mass is 10.1. The summed E-state index contributed by atoms with van der Waals surface area (Å²) in [5.74, 6) is -0.494. The first kappa shape index (κ1) is 10.9. The quantitative estimate of drug-likeness (QED) is 0.365. The third kappa shape index (κ3) is 2.31. The average molecular weight is 228 g/mol. The topological polar surface area (TPSA) is 88.3 Å². The number of carbonyl (C=O) groups is 1. The maximum Gasteiger partial charge on any atom is 0.235 e. The van der Waals surface area contributed by atoms with Crippen LogP contribution in [0.3, 0.4) is 0 Å². The molecular weight excluding hydrogens is 220 g/mol. The molecule has 2 rings (SSSR count). The monoisotopic (exact) mass is 228 g/mol. The van der Waals surface area contributed by atoms with E-state index in [1.807, 2.05) is 0 Å². The maximum atomic E-state index is 12.0. The highest BCUT2D eigenvalue weighted by Crippen LogP contribution is 2.03. The van der Waals surface area contributed by atoms with Gasteiger partial charge in [0.15, 0.2) is 5.71 Å². The lowest BCUT2D eigenvalue weighted by molar-refractivity contribution is 0.105. The van der Waals surface area contributed by atoms with Gasteiger partial charge in [-0.1, -0.05) is 11.2 Å². The summed E-state index contributed by atoms with van der Waals surface area (Å²) in [6, 6.07) is 6.39. The van der Waals surface area contributed by atoms with Gasteiger partial charge in [-0.3, -0.25) is 9.78 Å². The van der Waals surface area contributed by atoms with E-state index in [-0.39, 0.29) is 17.1 Å². The van der Waals surface area contributed by atoms with E-state index in [2.05, 4.69) is 20.1 Å². The highest BCUT2D eigenvalue weighted by molar-refractivity contribution is 6.50. The van der Waals surface area contributed by atoms with Gasteiger partial charge in [0.25, 0.3) is 0 Å². The van der Waals surface area contributed by atoms with E-state index in [4.69, 9.17) is 5.21 Å². The SMILES string of the molecule is O=C(/C(=N/O)c1ccncn1)c1ccccn1. The van der Waals surface area contributed by atoms with Crippen LogP contribution in [0.1, 0.15) is 16.2 Å². The van der Waals surface area contributed by atoms with Crippen LogP contribution in [0, 0.1) is 0 Å². The van der Waals surface area contributed by atoms with Gasteiger partial charge < -0.3 is 5.21 Å². The zero-order valence-electron chi connectivity index (χ0n) is 8.69. The molecule has 0 saturated carbocycles. The molecule has 17 heavy (non-hydrogen) atoms. The second kappa shape index (κ2) is 4.93. The molecule has 0 unspecified atom stereocenters. The van der Waals surface area contributed by atoms with Crippen LogP contribution >= 0.6 is 0 Å². The van der Waals surface area contributed by atoms with Gasteiger partial charge in [-0.15, -0.1) is 0 Å². The lowest BCUT2D eigenvalue weighted by Gasteiger charge is -2.01. The fourth-order valence-electron chi connectivity index (χ4n) is 1.26. The van der Waals surface area contributed by atoms with Gasteiger partial charge in [0.05, 0.1) is 5.69 Å². The zero-order valence-corrected chi connectivity index (χ0v) is 8.69. The Morgan fingerprint density at radius 3 is 2.59 bits per heavy atom. The Balaban J connectivity index is 2.37. The summed E-state index contributed by atoms with van der Waals surface area (Å²) in [6.45, 7) is 0. The van der Waals surface area contributed by atoms with E-state index in [9.17, 15) is 4.79 Å². The fourth-order valence-corrected chi connectivity index (χ4v) is 1.26. The molecule has 0 spiro atoms. The summed E-state index contributed by atoms with van der Waals surface area (Å²) in [5.41, 5.74) is 0.281. The van der Waals surface area contributed by atoms with Crippen molar-refractivity contribution in [1.29, 1.82) is 0 Å². The molecule has 6 heteroatoms. The molecule has 0 aliphatic heterocycles. The number of pyridine rings is 1. The van der Waals surface area contributed by atoms with Crippen LogP contribution in [0.5, 0.6) is 0 Å². The molecule has 0 atom stereocenters. The molecule has 0 fully saturated rings. The Labute approximate surface area is 96.7 Å². The second-order valence-corrected chi connectivity index (χ2v) is 3.09. The minimum atomic E-state index is -0.494. The number of hydrogen-bond donors (Lipinski definition) is 1. The first-order valence-electron chi connectivity index (χ1n) is 4.77. The molecule has 0 radical (unpaired) electrons. The molecule has 0 aliphatic rings. The molecule has 0 bridgehead atoms. The predicted molar refractivity (Wildman–Crippen MR) is 58.9 cm³/mol. The molecule has 84 valence electrons. The number of carbonyl (C=O) groups excluding carboxylic acids is 1. The second-order valence-electron chi connectivity index (χ2n) is 3.09. The molecule has 0 aromatic carbocycles. The Bertz CT molecular complexity index is 540. The zero-order chi connectivity index (χ0) is 12.1. The van der Waals surface area contributed by atoms with E-state index in [0.717, 1.165) is 0 Å². The standard InChI is InChI=1S/C11H8N4O2/c16-11(9-3-1-2-5-13-9)10(15-17)8-4-6-12-7-14-8/h1-7,17H/b15-10+. The molecule has 6 nitrogen and oxygen atoms in total. The van der Waals surface area contributed by atoms with Crippen molar-refractivity contribution in [2.24, 2.45) is 5.16 Å². The summed E-state index contributed by atoms with van der Waals surface area (Å²) < 4.78 is 0. The van der Waals surface area contributed by atoms with Crippen LogP contribution in [-0.2, 0) is 0 Å². The molecular formula is C11H8N4O2. The van der Waals surface area contributed by atoms with Crippen LogP contribution in [0.25, 0.3) is 0 Å². The largest absolute Gasteiger partial charge is 0.410 e. The van der Waals surface area contributed by atoms with Crippen LogP contribution < -0.4 is 0 Å². The van der Waals surface area contributed by atoms with Gasteiger partial charge in [0.2, 0.25) is 5.78 Å². The van der Waals surface area contributed by atoms with E-state index in [1.54, 1.807) is 12.1 Å². The van der Waals surface area contributed by atoms with Crippen molar-refractivity contribution in [2.45, 2.75) is 0 Å². The van der Waals surface area contributed by atoms with Crippen molar-refractivity contribution in [2.75, 3.05) is 0 Å². The molecule has 1 N–H and O–H groups in total. The van der Waals surface area contributed by atoms with E-state index < -0.39 is 5.78 Å². The molecule has 2 heterocycles. The molecule has 2 aromatic heterocycles. The van der Waals surface area contributed by atoms with Crippen molar-refractivity contribution in [1.82, 2.24) is 15.0 Å². The fraction of sp³-hybridized carbons (Fsp3) is 0. The van der Waals surface area contributed by atoms with Crippen LogP contribution in [-0.4, -0.2) is 31.7 Å². The van der Waals surface area contributed by atoms with Crippen molar-refractivity contribution in [3.8, 4) is 0 Å². The lowest BCUT2D eigenvalue weighted by Crippen LogP contribution is -2.18. The highest BCUT2D eigenvalue weighted by atomic mass is 16.4. The Hall–Kier alpha value is -2.63. The normalized spacial score (nSPS) is 11.2. The first-order valence-corrected chi connectivity index (χ1v) is 4.77. The van der Waals surface area contributed by atoms with E-state index >= 15 is 0 Å². The average Bonchev–Trinajstić information content (AvgIpc) is 2.42. The van der Waals surface area contributed by atoms with Gasteiger partial charge in [0.1, 0.15) is 12.0 Å². The van der Waals surface area contributed by atoms with Gasteiger partial charge in [-0.25, -0.2) is 9.97 Å². The highest BCUT2D eigenvalue weighted by Gasteiger charge is 2.18. The number of aromatic nitrogens is 3. The van der Waals surface area contributed by atoms with Gasteiger partial charge in [0, 0.05) is 12.4 Å². The summed E-state index contributed by atoms with van der Waals surface area (Å²) in [7, 11) is 0. The van der Waals surface area contributed by atoms with E-state index in [0.29, 0.717) is 0 Å². The number of oxime groups is 1. The Morgan fingerprint density at radius 1 is 1.12 bits per heavy atom. The van der Waals surface area contributed by atoms with Gasteiger partial charge in [-0.2, -0.15) is 0 Å². The maximum absolute atomic E-state index is 12.0. The Kier molecular flexibility index (Phi) is 3.15. The van der Waals surface area contributed by atoms with Crippen molar-refractivity contribution in [3.63, 3.8) is 0 Å². The van der Waals surface area contributed by atoms with Crippen LogP contribution in [0.2, 0.25) is 0 Å².